The second-order valence-electron chi connectivity index (χ2n) is 3.75. The molecule has 2 aromatic rings. The lowest BCUT2D eigenvalue weighted by Crippen LogP contribution is -2.01. The molecule has 0 aliphatic carbocycles. The summed E-state index contributed by atoms with van der Waals surface area (Å²) in [5.74, 6) is 0. The standard InChI is InChI=1S/C12H9NO5S/c14-13(15)11-7-3-1-5-9(11)10-6-2-4-8-12(10)19(16,17)18/h1-8H,(H,16,17,18). The van der Waals surface area contributed by atoms with Gasteiger partial charge in [0.2, 0.25) is 0 Å². The SMILES string of the molecule is O=[N+]([O-])c1ccccc1-c1ccccc1S(=O)(=O)O. The topological polar surface area (TPSA) is 97.5 Å². The Labute approximate surface area is 109 Å². The van der Waals surface area contributed by atoms with Crippen LogP contribution in [0.4, 0.5) is 5.69 Å². The zero-order valence-corrected chi connectivity index (χ0v) is 10.4. The number of nitro groups is 1. The van der Waals surface area contributed by atoms with E-state index in [4.69, 9.17) is 4.55 Å². The quantitative estimate of drug-likeness (QED) is 0.529. The van der Waals surface area contributed by atoms with Crippen molar-refractivity contribution >= 4 is 15.8 Å². The van der Waals surface area contributed by atoms with Crippen LogP contribution in [-0.2, 0) is 10.1 Å². The van der Waals surface area contributed by atoms with Gasteiger partial charge in [0, 0.05) is 11.6 Å². The molecule has 2 aromatic carbocycles. The second-order valence-corrected chi connectivity index (χ2v) is 5.14. The van der Waals surface area contributed by atoms with Crippen molar-refractivity contribution in [2.24, 2.45) is 0 Å². The molecule has 0 bridgehead atoms. The first-order chi connectivity index (χ1) is 8.91. The van der Waals surface area contributed by atoms with Crippen LogP contribution in [0, 0.1) is 10.1 Å². The summed E-state index contributed by atoms with van der Waals surface area (Å²) in [4.78, 5) is 9.99. The van der Waals surface area contributed by atoms with Crippen molar-refractivity contribution in [1.29, 1.82) is 0 Å². The van der Waals surface area contributed by atoms with Crippen LogP contribution in [0.3, 0.4) is 0 Å². The first-order valence-corrected chi connectivity index (χ1v) is 6.65. The molecule has 7 heteroatoms. The number of hydrogen-bond acceptors (Lipinski definition) is 4. The number of para-hydroxylation sites is 1. The smallest absolute Gasteiger partial charge is 0.282 e. The van der Waals surface area contributed by atoms with Crippen LogP contribution < -0.4 is 0 Å². The third-order valence-electron chi connectivity index (χ3n) is 2.56. The molecule has 0 aliphatic heterocycles. The highest BCUT2D eigenvalue weighted by atomic mass is 32.2. The van der Waals surface area contributed by atoms with Gasteiger partial charge in [0.25, 0.3) is 15.8 Å². The second kappa shape index (κ2) is 4.79. The van der Waals surface area contributed by atoms with Gasteiger partial charge in [-0.05, 0) is 12.1 Å². The minimum Gasteiger partial charge on any atom is -0.282 e. The number of rotatable bonds is 3. The fourth-order valence-corrected chi connectivity index (χ4v) is 2.48. The maximum atomic E-state index is 11.3. The number of nitro benzene ring substituents is 1. The van der Waals surface area contributed by atoms with E-state index in [1.165, 1.54) is 36.4 Å². The molecule has 6 nitrogen and oxygen atoms in total. The van der Waals surface area contributed by atoms with E-state index >= 15 is 0 Å². The van der Waals surface area contributed by atoms with Crippen LogP contribution in [-0.4, -0.2) is 17.9 Å². The summed E-state index contributed by atoms with van der Waals surface area (Å²) in [5, 5.41) is 10.9. The van der Waals surface area contributed by atoms with E-state index in [0.717, 1.165) is 0 Å². The molecular formula is C12H9NO5S. The predicted octanol–water partition coefficient (Wildman–Crippen LogP) is 2.51. The van der Waals surface area contributed by atoms with Gasteiger partial charge in [0.1, 0.15) is 4.90 Å². The minimum atomic E-state index is -4.45. The molecule has 19 heavy (non-hydrogen) atoms. The highest BCUT2D eigenvalue weighted by Gasteiger charge is 2.21. The normalized spacial score (nSPS) is 11.2. The van der Waals surface area contributed by atoms with E-state index in [-0.39, 0.29) is 21.7 Å². The molecule has 0 spiro atoms. The summed E-state index contributed by atoms with van der Waals surface area (Å²) in [7, 11) is -4.45. The van der Waals surface area contributed by atoms with E-state index in [1.54, 1.807) is 12.1 Å². The lowest BCUT2D eigenvalue weighted by molar-refractivity contribution is -0.384. The molecule has 0 aromatic heterocycles. The molecule has 0 saturated heterocycles. The molecule has 0 atom stereocenters. The molecule has 98 valence electrons. The van der Waals surface area contributed by atoms with Gasteiger partial charge in [-0.15, -0.1) is 0 Å². The summed E-state index contributed by atoms with van der Waals surface area (Å²) < 4.78 is 31.8. The zero-order chi connectivity index (χ0) is 14.0. The maximum absolute atomic E-state index is 11.3. The lowest BCUT2D eigenvalue weighted by atomic mass is 10.0. The summed E-state index contributed by atoms with van der Waals surface area (Å²) in [6, 6.07) is 11.3. The molecule has 0 amide bonds. The predicted molar refractivity (Wildman–Crippen MR) is 68.3 cm³/mol. The van der Waals surface area contributed by atoms with Crippen LogP contribution >= 0.6 is 0 Å². The van der Waals surface area contributed by atoms with E-state index in [2.05, 4.69) is 0 Å². The van der Waals surface area contributed by atoms with E-state index < -0.39 is 15.0 Å². The largest absolute Gasteiger partial charge is 0.295 e. The van der Waals surface area contributed by atoms with Gasteiger partial charge in [-0.2, -0.15) is 8.42 Å². The Morgan fingerprint density at radius 3 is 2.05 bits per heavy atom. The van der Waals surface area contributed by atoms with E-state index in [9.17, 15) is 18.5 Å². The molecule has 2 rings (SSSR count). The monoisotopic (exact) mass is 279 g/mol. The first-order valence-electron chi connectivity index (χ1n) is 5.21. The third kappa shape index (κ3) is 2.61. The van der Waals surface area contributed by atoms with Gasteiger partial charge in [0.05, 0.1) is 10.5 Å². The summed E-state index contributed by atoms with van der Waals surface area (Å²) in [5.41, 5.74) is 0.0108. The Bertz CT molecular complexity index is 739. The van der Waals surface area contributed by atoms with Crippen LogP contribution in [0.25, 0.3) is 11.1 Å². The fraction of sp³-hybridized carbons (Fsp3) is 0. The molecule has 0 unspecified atom stereocenters. The minimum absolute atomic E-state index is 0.0947. The van der Waals surface area contributed by atoms with Gasteiger partial charge < -0.3 is 0 Å². The highest BCUT2D eigenvalue weighted by Crippen LogP contribution is 2.33. The molecule has 0 heterocycles. The molecule has 0 saturated carbocycles. The van der Waals surface area contributed by atoms with Gasteiger partial charge in [-0.25, -0.2) is 0 Å². The van der Waals surface area contributed by atoms with Gasteiger partial charge in [-0.3, -0.25) is 14.7 Å². The molecule has 1 N–H and O–H groups in total. The maximum Gasteiger partial charge on any atom is 0.295 e. The molecule has 0 fully saturated rings. The first kappa shape index (κ1) is 13.2. The van der Waals surface area contributed by atoms with Gasteiger partial charge >= 0.3 is 0 Å². The van der Waals surface area contributed by atoms with Crippen molar-refractivity contribution in [3.05, 3.63) is 58.6 Å². The Kier molecular flexibility index (Phi) is 3.32. The molecular weight excluding hydrogens is 270 g/mol. The summed E-state index contributed by atoms with van der Waals surface area (Å²) in [6.07, 6.45) is 0. The number of hydrogen-bond donors (Lipinski definition) is 1. The van der Waals surface area contributed by atoms with Crippen molar-refractivity contribution in [3.8, 4) is 11.1 Å². The third-order valence-corrected chi connectivity index (χ3v) is 3.47. The van der Waals surface area contributed by atoms with E-state index in [1.807, 2.05) is 0 Å². The van der Waals surface area contributed by atoms with Crippen molar-refractivity contribution in [3.63, 3.8) is 0 Å². The Morgan fingerprint density at radius 2 is 1.47 bits per heavy atom. The van der Waals surface area contributed by atoms with Crippen molar-refractivity contribution < 1.29 is 17.9 Å². The van der Waals surface area contributed by atoms with Crippen molar-refractivity contribution in [1.82, 2.24) is 0 Å². The van der Waals surface area contributed by atoms with Gasteiger partial charge in [0.15, 0.2) is 0 Å². The average molecular weight is 279 g/mol. The van der Waals surface area contributed by atoms with Crippen molar-refractivity contribution in [2.75, 3.05) is 0 Å². The number of nitrogens with zero attached hydrogens (tertiary/aromatic N) is 1. The summed E-state index contributed by atoms with van der Waals surface area (Å²) in [6.45, 7) is 0. The van der Waals surface area contributed by atoms with Crippen molar-refractivity contribution in [2.45, 2.75) is 4.90 Å². The highest BCUT2D eigenvalue weighted by molar-refractivity contribution is 7.86. The van der Waals surface area contributed by atoms with Crippen LogP contribution in [0.5, 0.6) is 0 Å². The Morgan fingerprint density at radius 1 is 0.947 bits per heavy atom. The van der Waals surface area contributed by atoms with Crippen LogP contribution in [0.15, 0.2) is 53.4 Å². The fourth-order valence-electron chi connectivity index (χ4n) is 1.77. The van der Waals surface area contributed by atoms with Gasteiger partial charge in [-0.1, -0.05) is 30.3 Å². The average Bonchev–Trinajstić information content (AvgIpc) is 2.37. The Balaban J connectivity index is 2.78. The molecule has 0 aliphatic rings. The van der Waals surface area contributed by atoms with E-state index in [0.29, 0.717) is 0 Å². The molecule has 0 radical (unpaired) electrons. The summed E-state index contributed by atoms with van der Waals surface area (Å²) >= 11 is 0. The number of benzene rings is 2. The lowest BCUT2D eigenvalue weighted by Gasteiger charge is -2.07. The zero-order valence-electron chi connectivity index (χ0n) is 9.55. The Hall–Kier alpha value is -2.25. The van der Waals surface area contributed by atoms with Crippen LogP contribution in [0.2, 0.25) is 0 Å². The van der Waals surface area contributed by atoms with Crippen LogP contribution in [0.1, 0.15) is 0 Å².